The topological polar surface area (TPSA) is 0 Å². The number of benzene rings is 6. The Labute approximate surface area is 217 Å². The van der Waals surface area contributed by atoms with Gasteiger partial charge in [0.2, 0.25) is 0 Å². The second-order valence-electron chi connectivity index (χ2n) is 11.0. The Bertz CT molecular complexity index is 1880. The molecule has 2 aliphatic rings. The number of hydrogen-bond acceptors (Lipinski definition) is 0. The molecule has 2 aliphatic carbocycles. The van der Waals surface area contributed by atoms with Crippen LogP contribution in [0.15, 0.2) is 121 Å². The van der Waals surface area contributed by atoms with E-state index < -0.39 is 0 Å². The SMILES string of the molecule is CC1(C)c2ccccc2-c2ccc(-c3ccc(-c4ccc5c(c4)-c4cccc6cccc-5c46)cc3)cc21. The molecule has 0 nitrogen and oxygen atoms in total. The normalized spacial score (nSPS) is 13.9. The van der Waals surface area contributed by atoms with E-state index in [1.54, 1.807) is 0 Å². The van der Waals surface area contributed by atoms with E-state index in [0.29, 0.717) is 0 Å². The van der Waals surface area contributed by atoms with Crippen molar-refractivity contribution in [2.75, 3.05) is 0 Å². The number of rotatable bonds is 2. The maximum atomic E-state index is 2.40. The second-order valence-corrected chi connectivity index (χ2v) is 11.0. The van der Waals surface area contributed by atoms with Crippen LogP contribution in [0.2, 0.25) is 0 Å². The lowest BCUT2D eigenvalue weighted by atomic mass is 9.81. The van der Waals surface area contributed by atoms with Crippen molar-refractivity contribution in [3.8, 4) is 55.6 Å². The number of fused-ring (bicyclic) bond motifs is 6. The van der Waals surface area contributed by atoms with Gasteiger partial charge in [-0.05, 0) is 89.7 Å². The summed E-state index contributed by atoms with van der Waals surface area (Å²) in [5.41, 5.74) is 16.1. The fraction of sp³-hybridized carbons (Fsp3) is 0.0811. The first-order valence-electron chi connectivity index (χ1n) is 13.1. The molecular weight excluding hydrogens is 444 g/mol. The van der Waals surface area contributed by atoms with Gasteiger partial charge in [0.1, 0.15) is 0 Å². The van der Waals surface area contributed by atoms with Crippen LogP contribution in [0.1, 0.15) is 25.0 Å². The largest absolute Gasteiger partial charge is 0.0619 e. The molecule has 174 valence electrons. The van der Waals surface area contributed by atoms with Gasteiger partial charge in [0.25, 0.3) is 0 Å². The third-order valence-corrected chi connectivity index (χ3v) is 8.64. The quantitative estimate of drug-likeness (QED) is 0.236. The molecule has 6 aromatic rings. The smallest absolute Gasteiger partial charge is 0.0159 e. The summed E-state index contributed by atoms with van der Waals surface area (Å²) in [5, 5.41) is 2.70. The van der Waals surface area contributed by atoms with Gasteiger partial charge in [-0.3, -0.25) is 0 Å². The Kier molecular flexibility index (Phi) is 4.10. The summed E-state index contributed by atoms with van der Waals surface area (Å²) < 4.78 is 0. The molecule has 0 spiro atoms. The van der Waals surface area contributed by atoms with Crippen LogP contribution < -0.4 is 0 Å². The third-order valence-electron chi connectivity index (χ3n) is 8.64. The molecule has 8 rings (SSSR count). The first kappa shape index (κ1) is 20.7. The van der Waals surface area contributed by atoms with Crippen molar-refractivity contribution in [1.29, 1.82) is 0 Å². The summed E-state index contributed by atoms with van der Waals surface area (Å²) in [7, 11) is 0. The van der Waals surface area contributed by atoms with Crippen molar-refractivity contribution in [3.05, 3.63) is 132 Å². The molecule has 0 aliphatic heterocycles. The number of hydrogen-bond donors (Lipinski definition) is 0. The molecule has 0 aromatic heterocycles. The Hall–Kier alpha value is -4.42. The predicted octanol–water partition coefficient (Wildman–Crippen LogP) is 10.1. The second kappa shape index (κ2) is 7.31. The van der Waals surface area contributed by atoms with Crippen molar-refractivity contribution in [3.63, 3.8) is 0 Å². The fourth-order valence-corrected chi connectivity index (χ4v) is 6.71. The van der Waals surface area contributed by atoms with Crippen molar-refractivity contribution in [2.45, 2.75) is 19.3 Å². The summed E-state index contributed by atoms with van der Waals surface area (Å²) in [4.78, 5) is 0. The van der Waals surface area contributed by atoms with Gasteiger partial charge < -0.3 is 0 Å². The highest BCUT2D eigenvalue weighted by Crippen LogP contribution is 2.50. The van der Waals surface area contributed by atoms with Gasteiger partial charge in [0.05, 0.1) is 0 Å². The van der Waals surface area contributed by atoms with Gasteiger partial charge in [0.15, 0.2) is 0 Å². The summed E-state index contributed by atoms with van der Waals surface area (Å²) in [6, 6.07) is 45.1. The first-order chi connectivity index (χ1) is 18.1. The minimum Gasteiger partial charge on any atom is -0.0619 e. The molecule has 37 heavy (non-hydrogen) atoms. The van der Waals surface area contributed by atoms with E-state index in [2.05, 4.69) is 135 Å². The average molecular weight is 471 g/mol. The third kappa shape index (κ3) is 2.84. The molecule has 0 heterocycles. The zero-order valence-electron chi connectivity index (χ0n) is 21.0. The van der Waals surface area contributed by atoms with Gasteiger partial charge in [-0.25, -0.2) is 0 Å². The summed E-state index contributed by atoms with van der Waals surface area (Å²) in [6.45, 7) is 4.69. The molecule has 6 aromatic carbocycles. The lowest BCUT2D eigenvalue weighted by Gasteiger charge is -2.22. The molecule has 0 saturated carbocycles. The monoisotopic (exact) mass is 470 g/mol. The highest BCUT2D eigenvalue weighted by Gasteiger charge is 2.35. The fourth-order valence-electron chi connectivity index (χ4n) is 6.71. The minimum atomic E-state index is 0.0206. The van der Waals surface area contributed by atoms with Crippen LogP contribution in [-0.2, 0) is 5.41 Å². The maximum Gasteiger partial charge on any atom is 0.0159 e. The minimum absolute atomic E-state index is 0.0206. The molecule has 0 heteroatoms. The lowest BCUT2D eigenvalue weighted by molar-refractivity contribution is 0.660. The lowest BCUT2D eigenvalue weighted by Crippen LogP contribution is -2.14. The van der Waals surface area contributed by atoms with Gasteiger partial charge in [0, 0.05) is 5.41 Å². The van der Waals surface area contributed by atoms with Crippen LogP contribution in [-0.4, -0.2) is 0 Å². The summed E-state index contributed by atoms with van der Waals surface area (Å²) in [6.07, 6.45) is 0. The highest BCUT2D eigenvalue weighted by molar-refractivity contribution is 6.15. The van der Waals surface area contributed by atoms with Crippen molar-refractivity contribution in [1.82, 2.24) is 0 Å². The van der Waals surface area contributed by atoms with Gasteiger partial charge in [-0.2, -0.15) is 0 Å². The average Bonchev–Trinajstić information content (AvgIpc) is 3.39. The van der Waals surface area contributed by atoms with Crippen molar-refractivity contribution < 1.29 is 0 Å². The Balaban J connectivity index is 1.17. The summed E-state index contributed by atoms with van der Waals surface area (Å²) >= 11 is 0. The molecule has 0 saturated heterocycles. The molecule has 0 bridgehead atoms. The van der Waals surface area contributed by atoms with E-state index in [1.165, 1.54) is 77.5 Å². The van der Waals surface area contributed by atoms with Crippen molar-refractivity contribution >= 4 is 10.8 Å². The van der Waals surface area contributed by atoms with Crippen LogP contribution in [0.25, 0.3) is 66.4 Å². The summed E-state index contributed by atoms with van der Waals surface area (Å²) in [5.74, 6) is 0. The first-order valence-corrected chi connectivity index (χ1v) is 13.1. The van der Waals surface area contributed by atoms with Gasteiger partial charge in [-0.1, -0.05) is 123 Å². The van der Waals surface area contributed by atoms with Crippen LogP contribution in [0.3, 0.4) is 0 Å². The molecule has 0 N–H and O–H groups in total. The van der Waals surface area contributed by atoms with Crippen LogP contribution in [0, 0.1) is 0 Å². The van der Waals surface area contributed by atoms with Gasteiger partial charge in [-0.15, -0.1) is 0 Å². The molecule has 0 atom stereocenters. The predicted molar refractivity (Wildman–Crippen MR) is 157 cm³/mol. The molecule has 0 fully saturated rings. The van der Waals surface area contributed by atoms with Crippen molar-refractivity contribution in [2.24, 2.45) is 0 Å². The molecular formula is C37H26. The van der Waals surface area contributed by atoms with E-state index in [-0.39, 0.29) is 5.41 Å². The standard InChI is InChI=1S/C37H26/c1-37(2)34-12-4-3-9-29(34)30-20-18-27(22-35(30)37)24-15-13-23(14-16-24)26-17-19-28-31-10-5-7-25-8-6-11-32(36(25)31)33(28)21-26/h3-22H,1-2H3. The van der Waals surface area contributed by atoms with Crippen LogP contribution in [0.4, 0.5) is 0 Å². The van der Waals surface area contributed by atoms with Crippen LogP contribution in [0.5, 0.6) is 0 Å². The van der Waals surface area contributed by atoms with E-state index in [0.717, 1.165) is 0 Å². The van der Waals surface area contributed by atoms with E-state index in [9.17, 15) is 0 Å². The molecule has 0 radical (unpaired) electrons. The Morgan fingerprint density at radius 3 is 1.65 bits per heavy atom. The molecule has 0 amide bonds. The zero-order chi connectivity index (χ0) is 24.7. The van der Waals surface area contributed by atoms with Gasteiger partial charge >= 0.3 is 0 Å². The van der Waals surface area contributed by atoms with E-state index in [1.807, 2.05) is 0 Å². The van der Waals surface area contributed by atoms with E-state index >= 15 is 0 Å². The zero-order valence-corrected chi connectivity index (χ0v) is 21.0. The maximum absolute atomic E-state index is 2.40. The van der Waals surface area contributed by atoms with Crippen LogP contribution >= 0.6 is 0 Å². The van der Waals surface area contributed by atoms with E-state index in [4.69, 9.17) is 0 Å². The Morgan fingerprint density at radius 1 is 0.378 bits per heavy atom. The highest BCUT2D eigenvalue weighted by atomic mass is 14.4. The Morgan fingerprint density at radius 2 is 0.919 bits per heavy atom. The molecule has 0 unspecified atom stereocenters.